The van der Waals surface area contributed by atoms with E-state index in [2.05, 4.69) is 22.3 Å². The average molecular weight is 275 g/mol. The first-order valence-electron chi connectivity index (χ1n) is 7.59. The molecule has 1 saturated heterocycles. The van der Waals surface area contributed by atoms with Crippen molar-refractivity contribution in [3.63, 3.8) is 0 Å². The fourth-order valence-electron chi connectivity index (χ4n) is 2.50. The van der Waals surface area contributed by atoms with Gasteiger partial charge in [-0.25, -0.2) is 0 Å². The number of nitrogens with zero attached hydrogens (tertiary/aromatic N) is 1. The van der Waals surface area contributed by atoms with Gasteiger partial charge in [0.05, 0.1) is 0 Å². The first-order valence-corrected chi connectivity index (χ1v) is 7.59. The van der Waals surface area contributed by atoms with Gasteiger partial charge in [0.25, 0.3) is 0 Å². The summed E-state index contributed by atoms with van der Waals surface area (Å²) >= 11 is 0. The Labute approximate surface area is 121 Å². The van der Waals surface area contributed by atoms with Crippen LogP contribution in [-0.4, -0.2) is 25.0 Å². The first-order chi connectivity index (χ1) is 9.69. The van der Waals surface area contributed by atoms with E-state index in [4.69, 9.17) is 5.73 Å². The molecule has 0 radical (unpaired) electrons. The summed E-state index contributed by atoms with van der Waals surface area (Å²) in [6, 6.07) is 8.06. The van der Waals surface area contributed by atoms with Crippen molar-refractivity contribution in [2.45, 2.75) is 45.1 Å². The fourth-order valence-corrected chi connectivity index (χ4v) is 2.50. The monoisotopic (exact) mass is 275 g/mol. The van der Waals surface area contributed by atoms with Crippen LogP contribution in [0.3, 0.4) is 0 Å². The molecule has 2 rings (SSSR count). The van der Waals surface area contributed by atoms with Gasteiger partial charge in [-0.1, -0.05) is 6.92 Å². The molecule has 4 heteroatoms. The lowest BCUT2D eigenvalue weighted by molar-refractivity contribution is -0.116. The summed E-state index contributed by atoms with van der Waals surface area (Å²) in [6.07, 6.45) is 5.08. The van der Waals surface area contributed by atoms with Gasteiger partial charge in [0.1, 0.15) is 0 Å². The van der Waals surface area contributed by atoms with Crippen LogP contribution >= 0.6 is 0 Å². The molecule has 0 saturated carbocycles. The Balaban J connectivity index is 1.89. The largest absolute Gasteiger partial charge is 0.372 e. The van der Waals surface area contributed by atoms with E-state index in [1.807, 2.05) is 19.1 Å². The maximum atomic E-state index is 11.8. The number of hydrogen-bond acceptors (Lipinski definition) is 3. The third kappa shape index (κ3) is 4.23. The van der Waals surface area contributed by atoms with Gasteiger partial charge in [0.2, 0.25) is 5.91 Å². The van der Waals surface area contributed by atoms with Crippen molar-refractivity contribution < 1.29 is 4.79 Å². The zero-order valence-electron chi connectivity index (χ0n) is 12.3. The molecule has 0 bridgehead atoms. The number of carbonyl (C=O) groups is 1. The van der Waals surface area contributed by atoms with Crippen LogP contribution in [0.4, 0.5) is 11.4 Å². The molecular weight excluding hydrogens is 250 g/mol. The predicted octanol–water partition coefficient (Wildman–Crippen LogP) is 2.74. The van der Waals surface area contributed by atoms with Crippen LogP contribution in [0, 0.1) is 0 Å². The summed E-state index contributed by atoms with van der Waals surface area (Å²) in [5.74, 6) is -0.00919. The minimum Gasteiger partial charge on any atom is -0.372 e. The quantitative estimate of drug-likeness (QED) is 0.868. The number of rotatable bonds is 5. The molecule has 20 heavy (non-hydrogen) atoms. The molecule has 1 aliphatic heterocycles. The molecule has 0 spiro atoms. The highest BCUT2D eigenvalue weighted by molar-refractivity contribution is 5.91. The van der Waals surface area contributed by atoms with Gasteiger partial charge in [0, 0.05) is 36.9 Å². The molecule has 110 valence electrons. The Morgan fingerprint density at radius 1 is 1.25 bits per heavy atom. The fraction of sp³-hybridized carbons (Fsp3) is 0.562. The Morgan fingerprint density at radius 3 is 2.50 bits per heavy atom. The number of hydrogen-bond donors (Lipinski definition) is 2. The molecule has 1 fully saturated rings. The maximum absolute atomic E-state index is 11.8. The van der Waals surface area contributed by atoms with Crippen molar-refractivity contribution >= 4 is 17.3 Å². The lowest BCUT2D eigenvalue weighted by Crippen LogP contribution is -2.29. The van der Waals surface area contributed by atoms with E-state index < -0.39 is 0 Å². The molecular formula is C16H25N3O. The summed E-state index contributed by atoms with van der Waals surface area (Å²) in [5, 5.41) is 2.90. The Morgan fingerprint density at radius 2 is 1.90 bits per heavy atom. The minimum absolute atomic E-state index is 0.00919. The Bertz CT molecular complexity index is 424. The van der Waals surface area contributed by atoms with Gasteiger partial charge in [-0.3, -0.25) is 4.79 Å². The molecule has 1 aromatic rings. The lowest BCUT2D eigenvalue weighted by Gasteiger charge is -2.28. The maximum Gasteiger partial charge on any atom is 0.225 e. The number of nitrogens with two attached hydrogens (primary N) is 1. The molecule has 3 N–H and O–H groups in total. The highest BCUT2D eigenvalue weighted by atomic mass is 16.1. The van der Waals surface area contributed by atoms with Gasteiger partial charge in [0.15, 0.2) is 0 Å². The molecule has 1 aliphatic rings. The Hall–Kier alpha value is -1.55. The van der Waals surface area contributed by atoms with Crippen LogP contribution in [0.15, 0.2) is 24.3 Å². The standard InChI is InChI=1S/C16H25N3O/c1-2-13(17)12-16(20)18-14-6-8-15(9-7-14)19-10-4-3-5-11-19/h6-9,13H,2-5,10-12,17H2,1H3,(H,18,20). The van der Waals surface area contributed by atoms with E-state index in [0.717, 1.165) is 25.2 Å². The van der Waals surface area contributed by atoms with E-state index in [0.29, 0.717) is 6.42 Å². The third-order valence-corrected chi connectivity index (χ3v) is 3.84. The molecule has 4 nitrogen and oxygen atoms in total. The van der Waals surface area contributed by atoms with Crippen LogP contribution < -0.4 is 16.0 Å². The average Bonchev–Trinajstić information content (AvgIpc) is 2.48. The van der Waals surface area contributed by atoms with Gasteiger partial charge in [-0.2, -0.15) is 0 Å². The molecule has 1 atom stereocenters. The van der Waals surface area contributed by atoms with Gasteiger partial charge >= 0.3 is 0 Å². The minimum atomic E-state index is -0.0531. The predicted molar refractivity (Wildman–Crippen MR) is 84.0 cm³/mol. The van der Waals surface area contributed by atoms with Crippen LogP contribution in [-0.2, 0) is 4.79 Å². The molecule has 0 aromatic heterocycles. The van der Waals surface area contributed by atoms with Gasteiger partial charge < -0.3 is 16.0 Å². The van der Waals surface area contributed by atoms with Crippen molar-refractivity contribution in [1.29, 1.82) is 0 Å². The number of carbonyl (C=O) groups excluding carboxylic acids is 1. The lowest BCUT2D eigenvalue weighted by atomic mass is 10.1. The molecule has 1 amide bonds. The second kappa shape index (κ2) is 7.29. The number of benzene rings is 1. The number of amides is 1. The highest BCUT2D eigenvalue weighted by Gasteiger charge is 2.11. The molecule has 1 heterocycles. The van der Waals surface area contributed by atoms with Crippen molar-refractivity contribution in [2.75, 3.05) is 23.3 Å². The number of anilines is 2. The van der Waals surface area contributed by atoms with Crippen LogP contribution in [0.5, 0.6) is 0 Å². The SMILES string of the molecule is CCC(N)CC(=O)Nc1ccc(N2CCCCC2)cc1. The molecule has 0 aliphatic carbocycles. The van der Waals surface area contributed by atoms with Crippen molar-refractivity contribution in [3.8, 4) is 0 Å². The smallest absolute Gasteiger partial charge is 0.225 e. The van der Waals surface area contributed by atoms with Crippen LogP contribution in [0.1, 0.15) is 39.0 Å². The van der Waals surface area contributed by atoms with Crippen LogP contribution in [0.2, 0.25) is 0 Å². The Kier molecular flexibility index (Phi) is 5.41. The van der Waals surface area contributed by atoms with E-state index in [-0.39, 0.29) is 11.9 Å². The van der Waals surface area contributed by atoms with Gasteiger partial charge in [-0.15, -0.1) is 0 Å². The van der Waals surface area contributed by atoms with E-state index in [1.54, 1.807) is 0 Å². The highest BCUT2D eigenvalue weighted by Crippen LogP contribution is 2.21. The first kappa shape index (κ1) is 14.9. The number of piperidine rings is 1. The zero-order valence-corrected chi connectivity index (χ0v) is 12.3. The topological polar surface area (TPSA) is 58.4 Å². The summed E-state index contributed by atoms with van der Waals surface area (Å²) in [5.41, 5.74) is 7.87. The van der Waals surface area contributed by atoms with E-state index >= 15 is 0 Å². The molecule has 1 aromatic carbocycles. The van der Waals surface area contributed by atoms with Crippen LogP contribution in [0.25, 0.3) is 0 Å². The summed E-state index contributed by atoms with van der Waals surface area (Å²) in [7, 11) is 0. The van der Waals surface area contributed by atoms with Crippen molar-refractivity contribution in [3.05, 3.63) is 24.3 Å². The summed E-state index contributed by atoms with van der Waals surface area (Å²) < 4.78 is 0. The van der Waals surface area contributed by atoms with E-state index in [9.17, 15) is 4.79 Å². The van der Waals surface area contributed by atoms with Gasteiger partial charge in [-0.05, 0) is 49.9 Å². The normalized spacial score (nSPS) is 16.8. The second-order valence-corrected chi connectivity index (χ2v) is 5.52. The molecule has 1 unspecified atom stereocenters. The third-order valence-electron chi connectivity index (χ3n) is 3.84. The zero-order chi connectivity index (χ0) is 14.4. The van der Waals surface area contributed by atoms with E-state index in [1.165, 1.54) is 24.9 Å². The van der Waals surface area contributed by atoms with Crippen molar-refractivity contribution in [2.24, 2.45) is 5.73 Å². The summed E-state index contributed by atoms with van der Waals surface area (Å²) in [6.45, 7) is 4.26. The van der Waals surface area contributed by atoms with Crippen molar-refractivity contribution in [1.82, 2.24) is 0 Å². The number of nitrogens with one attached hydrogen (secondary N) is 1. The second-order valence-electron chi connectivity index (χ2n) is 5.52. The summed E-state index contributed by atoms with van der Waals surface area (Å²) in [4.78, 5) is 14.2.